The van der Waals surface area contributed by atoms with E-state index in [1.165, 1.54) is 4.90 Å². The Morgan fingerprint density at radius 3 is 2.09 bits per heavy atom. The average Bonchev–Trinajstić information content (AvgIpc) is 1.85. The molecule has 3 nitrogen and oxygen atoms in total. The molecule has 0 aliphatic carbocycles. The van der Waals surface area contributed by atoms with Gasteiger partial charge in [0.15, 0.2) is 0 Å². The van der Waals surface area contributed by atoms with Gasteiger partial charge in [-0.25, -0.2) is 4.79 Å². The lowest BCUT2D eigenvalue weighted by molar-refractivity contribution is 0.148. The fourth-order valence-electron chi connectivity index (χ4n) is 0.918. The lowest BCUT2D eigenvalue weighted by atomic mass is 10.3. The van der Waals surface area contributed by atoms with Gasteiger partial charge in [0.05, 0.1) is 0 Å². The summed E-state index contributed by atoms with van der Waals surface area (Å²) >= 11 is 0. The molecule has 0 radical (unpaired) electrons. The van der Waals surface area contributed by atoms with E-state index in [9.17, 15) is 4.79 Å². The predicted octanol–water partition coefficient (Wildman–Crippen LogP) is 2.30. The van der Waals surface area contributed by atoms with Crippen molar-refractivity contribution < 1.29 is 9.90 Å². The van der Waals surface area contributed by atoms with Crippen molar-refractivity contribution >= 4 is 6.09 Å². The first-order valence-corrected chi connectivity index (χ1v) is 3.65. The molecule has 0 spiro atoms. The van der Waals surface area contributed by atoms with Gasteiger partial charge in [-0.05, 0) is 27.7 Å². The normalized spacial score (nSPS) is 11.9. The first kappa shape index (κ1) is 10.0. The van der Waals surface area contributed by atoms with E-state index in [0.29, 0.717) is 0 Å². The van der Waals surface area contributed by atoms with Gasteiger partial charge >= 0.3 is 6.09 Å². The van der Waals surface area contributed by atoms with E-state index in [1.54, 1.807) is 13.0 Å². The number of hydrogen-bond donors (Lipinski definition) is 1. The molecular formula is C8H15NO2. The first-order chi connectivity index (χ1) is 5.00. The zero-order chi connectivity index (χ0) is 9.02. The van der Waals surface area contributed by atoms with Gasteiger partial charge in [-0.2, -0.15) is 0 Å². The number of carboxylic acid groups (broad SMARTS) is 1. The van der Waals surface area contributed by atoms with E-state index in [1.807, 2.05) is 20.8 Å². The van der Waals surface area contributed by atoms with Crippen LogP contribution in [0, 0.1) is 0 Å². The van der Waals surface area contributed by atoms with E-state index < -0.39 is 6.09 Å². The molecule has 0 aromatic heterocycles. The maximum atomic E-state index is 10.6. The van der Waals surface area contributed by atoms with Crippen molar-refractivity contribution in [3.8, 4) is 0 Å². The quantitative estimate of drug-likeness (QED) is 0.668. The lowest BCUT2D eigenvalue weighted by Crippen LogP contribution is -2.33. The molecular weight excluding hydrogens is 142 g/mol. The summed E-state index contributed by atoms with van der Waals surface area (Å²) in [6.07, 6.45) is 0.893. The van der Waals surface area contributed by atoms with Crippen LogP contribution in [0.5, 0.6) is 0 Å². The Kier molecular flexibility index (Phi) is 3.65. The van der Waals surface area contributed by atoms with Gasteiger partial charge < -0.3 is 5.11 Å². The zero-order valence-corrected chi connectivity index (χ0v) is 7.46. The molecule has 0 bridgehead atoms. The van der Waals surface area contributed by atoms with Crippen LogP contribution in [0.15, 0.2) is 11.8 Å². The molecule has 0 rings (SSSR count). The second kappa shape index (κ2) is 4.01. The van der Waals surface area contributed by atoms with Gasteiger partial charge in [0, 0.05) is 11.7 Å². The van der Waals surface area contributed by atoms with Crippen LogP contribution in [0.3, 0.4) is 0 Å². The molecule has 0 aromatic carbocycles. The average molecular weight is 157 g/mol. The molecule has 64 valence electrons. The maximum Gasteiger partial charge on any atom is 0.411 e. The van der Waals surface area contributed by atoms with Gasteiger partial charge in [0.25, 0.3) is 0 Å². The number of hydrogen-bond acceptors (Lipinski definition) is 1. The minimum atomic E-state index is -0.893. The first-order valence-electron chi connectivity index (χ1n) is 3.65. The van der Waals surface area contributed by atoms with Gasteiger partial charge in [-0.15, -0.1) is 0 Å². The zero-order valence-electron chi connectivity index (χ0n) is 7.46. The molecule has 3 heteroatoms. The molecule has 0 heterocycles. The van der Waals surface area contributed by atoms with Gasteiger partial charge in [0.2, 0.25) is 0 Å². The van der Waals surface area contributed by atoms with Gasteiger partial charge in [0.1, 0.15) is 0 Å². The summed E-state index contributed by atoms with van der Waals surface area (Å²) in [5, 5.41) is 8.73. The molecule has 1 N–H and O–H groups in total. The number of carbonyl (C=O) groups is 1. The molecule has 1 amide bonds. The molecule has 0 saturated carbocycles. The molecule has 0 atom stereocenters. The Balaban J connectivity index is 4.48. The van der Waals surface area contributed by atoms with Crippen LogP contribution >= 0.6 is 0 Å². The van der Waals surface area contributed by atoms with Crippen LogP contribution in [-0.2, 0) is 0 Å². The van der Waals surface area contributed by atoms with Crippen molar-refractivity contribution in [2.75, 3.05) is 0 Å². The maximum absolute atomic E-state index is 10.6. The topological polar surface area (TPSA) is 40.5 Å². The van der Waals surface area contributed by atoms with E-state index in [4.69, 9.17) is 5.11 Å². The monoisotopic (exact) mass is 157 g/mol. The van der Waals surface area contributed by atoms with Crippen molar-refractivity contribution in [1.29, 1.82) is 0 Å². The van der Waals surface area contributed by atoms with Gasteiger partial charge in [-0.3, -0.25) is 4.90 Å². The van der Waals surface area contributed by atoms with Crippen LogP contribution in [0.4, 0.5) is 4.79 Å². The summed E-state index contributed by atoms with van der Waals surface area (Å²) < 4.78 is 0. The number of allylic oxidation sites excluding steroid dienone is 2. The minimum Gasteiger partial charge on any atom is -0.465 e. The molecule has 0 saturated heterocycles. The Morgan fingerprint density at radius 2 is 2.00 bits per heavy atom. The van der Waals surface area contributed by atoms with Crippen LogP contribution in [-0.4, -0.2) is 22.1 Å². The third-order valence-electron chi connectivity index (χ3n) is 1.52. The highest BCUT2D eigenvalue weighted by molar-refractivity contribution is 5.67. The molecule has 0 fully saturated rings. The summed E-state index contributed by atoms with van der Waals surface area (Å²) in [6.45, 7) is 7.31. The van der Waals surface area contributed by atoms with Crippen LogP contribution in [0.2, 0.25) is 0 Å². The van der Waals surface area contributed by atoms with Gasteiger partial charge in [-0.1, -0.05) is 6.08 Å². The summed E-state index contributed by atoms with van der Waals surface area (Å²) in [6, 6.07) is 0.00343. The lowest BCUT2D eigenvalue weighted by Gasteiger charge is -2.23. The van der Waals surface area contributed by atoms with Crippen LogP contribution < -0.4 is 0 Å². The Bertz CT molecular complexity index is 173. The number of rotatable bonds is 2. The van der Waals surface area contributed by atoms with Crippen molar-refractivity contribution in [1.82, 2.24) is 4.90 Å². The third-order valence-corrected chi connectivity index (χ3v) is 1.52. The fourth-order valence-corrected chi connectivity index (χ4v) is 0.918. The summed E-state index contributed by atoms with van der Waals surface area (Å²) in [7, 11) is 0. The second-order valence-electron chi connectivity index (χ2n) is 2.68. The fraction of sp³-hybridized carbons (Fsp3) is 0.625. The third kappa shape index (κ3) is 2.62. The Labute approximate surface area is 67.3 Å². The minimum absolute atomic E-state index is 0.00343. The molecule has 0 unspecified atom stereocenters. The van der Waals surface area contributed by atoms with Crippen LogP contribution in [0.25, 0.3) is 0 Å². The molecule has 0 aliphatic rings. The van der Waals surface area contributed by atoms with Crippen LogP contribution in [0.1, 0.15) is 27.7 Å². The van der Waals surface area contributed by atoms with E-state index in [0.717, 1.165) is 5.70 Å². The highest BCUT2D eigenvalue weighted by atomic mass is 16.4. The van der Waals surface area contributed by atoms with Crippen molar-refractivity contribution in [2.45, 2.75) is 33.7 Å². The molecule has 0 aliphatic heterocycles. The van der Waals surface area contributed by atoms with Crippen molar-refractivity contribution in [3.05, 3.63) is 11.8 Å². The number of nitrogens with zero attached hydrogens (tertiary/aromatic N) is 1. The van der Waals surface area contributed by atoms with Crippen molar-refractivity contribution in [3.63, 3.8) is 0 Å². The smallest absolute Gasteiger partial charge is 0.411 e. The Morgan fingerprint density at radius 1 is 1.55 bits per heavy atom. The summed E-state index contributed by atoms with van der Waals surface area (Å²) in [5.74, 6) is 0. The molecule has 11 heavy (non-hydrogen) atoms. The largest absolute Gasteiger partial charge is 0.465 e. The highest BCUT2D eigenvalue weighted by Crippen LogP contribution is 2.08. The Hall–Kier alpha value is -0.990. The SMILES string of the molecule is C/C=C(\C)N(C(=O)O)C(C)C. The summed E-state index contributed by atoms with van der Waals surface area (Å²) in [5.41, 5.74) is 0.771. The van der Waals surface area contributed by atoms with Crippen molar-refractivity contribution in [2.24, 2.45) is 0 Å². The second-order valence-corrected chi connectivity index (χ2v) is 2.68. The van der Waals surface area contributed by atoms with E-state index >= 15 is 0 Å². The van der Waals surface area contributed by atoms with E-state index in [2.05, 4.69) is 0 Å². The molecule has 0 aromatic rings. The highest BCUT2D eigenvalue weighted by Gasteiger charge is 2.15. The number of amides is 1. The van der Waals surface area contributed by atoms with E-state index in [-0.39, 0.29) is 6.04 Å². The predicted molar refractivity (Wildman–Crippen MR) is 44.4 cm³/mol. The summed E-state index contributed by atoms with van der Waals surface area (Å²) in [4.78, 5) is 12.0. The standard InChI is InChI=1S/C8H15NO2/c1-5-7(4)9(6(2)3)8(10)11/h5-6H,1-4H3,(H,10,11)/b7-5+.